The molecule has 1 aromatic carbocycles. The molecule has 0 saturated heterocycles. The molecule has 0 radical (unpaired) electrons. The van der Waals surface area contributed by atoms with Crippen molar-refractivity contribution in [3.63, 3.8) is 0 Å². The van der Waals surface area contributed by atoms with E-state index in [4.69, 9.17) is 32.7 Å². The number of pyridine rings is 1. The van der Waals surface area contributed by atoms with E-state index >= 15 is 0 Å². The number of carbonyl (C=O) groups excluding carboxylic acids is 1. The minimum absolute atomic E-state index is 0.176. The number of hydrogen-bond acceptors (Lipinski definition) is 5. The van der Waals surface area contributed by atoms with E-state index in [1.165, 1.54) is 12.3 Å². The highest BCUT2D eigenvalue weighted by molar-refractivity contribution is 6.36. The van der Waals surface area contributed by atoms with Crippen molar-refractivity contribution in [3.8, 4) is 11.5 Å². The smallest absolute Gasteiger partial charge is 0.239 e. The number of halogens is 2. The molecule has 0 bridgehead atoms. The van der Waals surface area contributed by atoms with E-state index in [-0.39, 0.29) is 18.3 Å². The zero-order valence-electron chi connectivity index (χ0n) is 14.2. The lowest BCUT2D eigenvalue weighted by Gasteiger charge is -2.17. The average Bonchev–Trinajstić information content (AvgIpc) is 2.57. The number of benzene rings is 1. The average molecular weight is 384 g/mol. The van der Waals surface area contributed by atoms with Crippen LogP contribution in [0.3, 0.4) is 0 Å². The Hall–Kier alpha value is -2.02. The van der Waals surface area contributed by atoms with Gasteiger partial charge in [-0.1, -0.05) is 29.3 Å². The monoisotopic (exact) mass is 383 g/mol. The van der Waals surface area contributed by atoms with Gasteiger partial charge in [0.1, 0.15) is 0 Å². The predicted octanol–water partition coefficient (Wildman–Crippen LogP) is 3.48. The highest BCUT2D eigenvalue weighted by Gasteiger charge is 2.12. The van der Waals surface area contributed by atoms with Crippen LogP contribution in [-0.2, 0) is 11.3 Å². The molecule has 0 aliphatic rings. The number of hydrogen-bond donors (Lipinski definition) is 1. The normalized spacial score (nSPS) is 10.6. The van der Waals surface area contributed by atoms with Gasteiger partial charge in [0.05, 0.1) is 30.8 Å². The van der Waals surface area contributed by atoms with Crippen molar-refractivity contribution >= 4 is 34.9 Å². The van der Waals surface area contributed by atoms with Crippen LogP contribution in [-0.4, -0.2) is 43.6 Å². The summed E-state index contributed by atoms with van der Waals surface area (Å²) < 4.78 is 10.5. The van der Waals surface area contributed by atoms with Gasteiger partial charge < -0.3 is 14.8 Å². The van der Waals surface area contributed by atoms with Crippen molar-refractivity contribution in [2.45, 2.75) is 6.54 Å². The summed E-state index contributed by atoms with van der Waals surface area (Å²) in [5.74, 6) is 1.38. The molecular weight excluding hydrogens is 365 g/mol. The van der Waals surface area contributed by atoms with Crippen molar-refractivity contribution in [2.75, 3.05) is 33.1 Å². The summed E-state index contributed by atoms with van der Waals surface area (Å²) in [7, 11) is 5.01. The molecule has 134 valence electrons. The Balaban J connectivity index is 1.95. The number of ether oxygens (including phenoxy) is 2. The van der Waals surface area contributed by atoms with E-state index in [1.54, 1.807) is 14.2 Å². The van der Waals surface area contributed by atoms with Gasteiger partial charge in [-0.2, -0.15) is 0 Å². The number of rotatable bonds is 7. The van der Waals surface area contributed by atoms with E-state index in [9.17, 15) is 4.79 Å². The lowest BCUT2D eigenvalue weighted by molar-refractivity contribution is -0.117. The van der Waals surface area contributed by atoms with Crippen LogP contribution in [0, 0.1) is 0 Å². The van der Waals surface area contributed by atoms with Gasteiger partial charge in [0, 0.05) is 12.7 Å². The van der Waals surface area contributed by atoms with E-state index in [1.807, 2.05) is 30.1 Å². The number of likely N-dealkylation sites (N-methyl/N-ethyl adjacent to an activating group) is 1. The topological polar surface area (TPSA) is 63.7 Å². The summed E-state index contributed by atoms with van der Waals surface area (Å²) in [6, 6.07) is 7.16. The van der Waals surface area contributed by atoms with E-state index in [2.05, 4.69) is 10.3 Å². The first-order chi connectivity index (χ1) is 11.9. The quantitative estimate of drug-likeness (QED) is 0.792. The minimum Gasteiger partial charge on any atom is -0.493 e. The summed E-state index contributed by atoms with van der Waals surface area (Å²) in [6.07, 6.45) is 1.43. The minimum atomic E-state index is -0.223. The first kappa shape index (κ1) is 19.3. The Kier molecular flexibility index (Phi) is 6.87. The number of aromatic nitrogens is 1. The van der Waals surface area contributed by atoms with Crippen molar-refractivity contribution < 1.29 is 14.3 Å². The molecule has 6 nitrogen and oxygen atoms in total. The van der Waals surface area contributed by atoms with Crippen molar-refractivity contribution in [2.24, 2.45) is 0 Å². The lowest BCUT2D eigenvalue weighted by Crippen LogP contribution is -2.30. The maximum Gasteiger partial charge on any atom is 0.239 e. The van der Waals surface area contributed by atoms with Gasteiger partial charge in [0.25, 0.3) is 0 Å². The van der Waals surface area contributed by atoms with Gasteiger partial charge in [-0.05, 0) is 30.8 Å². The maximum atomic E-state index is 12.1. The Labute approximate surface area is 156 Å². The second kappa shape index (κ2) is 8.89. The van der Waals surface area contributed by atoms with Crippen LogP contribution >= 0.6 is 23.2 Å². The number of nitrogens with one attached hydrogen (secondary N) is 1. The van der Waals surface area contributed by atoms with Gasteiger partial charge in [-0.15, -0.1) is 0 Å². The van der Waals surface area contributed by atoms with E-state index in [0.717, 1.165) is 5.56 Å². The van der Waals surface area contributed by atoms with Crippen LogP contribution < -0.4 is 14.8 Å². The molecule has 0 aliphatic heterocycles. The summed E-state index contributed by atoms with van der Waals surface area (Å²) in [5.41, 5.74) is 0.996. The Morgan fingerprint density at radius 2 is 1.92 bits per heavy atom. The van der Waals surface area contributed by atoms with E-state index in [0.29, 0.717) is 28.1 Å². The third kappa shape index (κ3) is 5.49. The van der Waals surface area contributed by atoms with Gasteiger partial charge >= 0.3 is 0 Å². The summed E-state index contributed by atoms with van der Waals surface area (Å²) in [5, 5.41) is 3.37. The van der Waals surface area contributed by atoms with Gasteiger partial charge in [0.2, 0.25) is 5.91 Å². The molecule has 1 N–H and O–H groups in total. The molecule has 8 heteroatoms. The van der Waals surface area contributed by atoms with Crippen LogP contribution in [0.15, 0.2) is 30.5 Å². The van der Waals surface area contributed by atoms with E-state index < -0.39 is 0 Å². The molecule has 0 saturated carbocycles. The first-order valence-electron chi connectivity index (χ1n) is 7.43. The molecule has 1 aromatic heterocycles. The first-order valence-corrected chi connectivity index (χ1v) is 8.19. The van der Waals surface area contributed by atoms with Gasteiger partial charge in [0.15, 0.2) is 17.3 Å². The SMILES string of the molecule is COc1ccc(CN(C)CC(=O)Nc2ncc(Cl)cc2Cl)cc1OC. The molecule has 0 spiro atoms. The second-order valence-corrected chi connectivity index (χ2v) is 6.24. The third-order valence-electron chi connectivity index (χ3n) is 3.38. The van der Waals surface area contributed by atoms with Gasteiger partial charge in [-0.3, -0.25) is 9.69 Å². The fraction of sp³-hybridized carbons (Fsp3) is 0.294. The largest absolute Gasteiger partial charge is 0.493 e. The molecule has 0 atom stereocenters. The fourth-order valence-corrected chi connectivity index (χ4v) is 2.70. The highest BCUT2D eigenvalue weighted by Crippen LogP contribution is 2.28. The number of carbonyl (C=O) groups is 1. The molecule has 2 rings (SSSR count). The van der Waals surface area contributed by atoms with Crippen LogP contribution in [0.25, 0.3) is 0 Å². The van der Waals surface area contributed by atoms with Crippen LogP contribution in [0.2, 0.25) is 10.0 Å². The van der Waals surface area contributed by atoms with Crippen molar-refractivity contribution in [1.82, 2.24) is 9.88 Å². The maximum absolute atomic E-state index is 12.1. The van der Waals surface area contributed by atoms with Gasteiger partial charge in [-0.25, -0.2) is 4.98 Å². The zero-order chi connectivity index (χ0) is 18.4. The van der Waals surface area contributed by atoms with Crippen LogP contribution in [0.4, 0.5) is 5.82 Å². The number of methoxy groups -OCH3 is 2. The van der Waals surface area contributed by atoms with Crippen LogP contribution in [0.1, 0.15) is 5.56 Å². The van der Waals surface area contributed by atoms with Crippen molar-refractivity contribution in [3.05, 3.63) is 46.1 Å². The molecule has 0 fully saturated rings. The highest BCUT2D eigenvalue weighted by atomic mass is 35.5. The van der Waals surface area contributed by atoms with Crippen LogP contribution in [0.5, 0.6) is 11.5 Å². The lowest BCUT2D eigenvalue weighted by atomic mass is 10.2. The predicted molar refractivity (Wildman–Crippen MR) is 98.8 cm³/mol. The number of anilines is 1. The molecule has 25 heavy (non-hydrogen) atoms. The van der Waals surface area contributed by atoms with Crippen molar-refractivity contribution in [1.29, 1.82) is 0 Å². The zero-order valence-corrected chi connectivity index (χ0v) is 15.7. The number of amides is 1. The summed E-state index contributed by atoms with van der Waals surface area (Å²) in [4.78, 5) is 18.0. The Bertz CT molecular complexity index is 756. The fourth-order valence-electron chi connectivity index (χ4n) is 2.27. The number of nitrogens with zero attached hydrogens (tertiary/aromatic N) is 2. The summed E-state index contributed by atoms with van der Waals surface area (Å²) >= 11 is 11.8. The molecule has 1 amide bonds. The Morgan fingerprint density at radius 1 is 1.20 bits per heavy atom. The third-order valence-corrected chi connectivity index (χ3v) is 3.87. The molecule has 2 aromatic rings. The summed E-state index contributed by atoms with van der Waals surface area (Å²) in [6.45, 7) is 0.741. The molecule has 1 heterocycles. The second-order valence-electron chi connectivity index (χ2n) is 5.39. The molecule has 0 aliphatic carbocycles. The molecule has 0 unspecified atom stereocenters. The standard InChI is InChI=1S/C17H19Cl2N3O3/c1-22(9-11-4-5-14(24-2)15(6-11)25-3)10-16(23)21-17-13(19)7-12(18)8-20-17/h4-8H,9-10H2,1-3H3,(H,20,21,23). The molecular formula is C17H19Cl2N3O3. The Morgan fingerprint density at radius 3 is 2.56 bits per heavy atom.